The van der Waals surface area contributed by atoms with E-state index in [0.29, 0.717) is 6.54 Å². The van der Waals surface area contributed by atoms with Gasteiger partial charge >= 0.3 is 0 Å². The van der Waals surface area contributed by atoms with E-state index < -0.39 is 0 Å². The van der Waals surface area contributed by atoms with Gasteiger partial charge in [0.2, 0.25) is 0 Å². The van der Waals surface area contributed by atoms with Crippen LogP contribution in [0.3, 0.4) is 0 Å². The van der Waals surface area contributed by atoms with Crippen LogP contribution in [0, 0.1) is 13.8 Å². The summed E-state index contributed by atoms with van der Waals surface area (Å²) in [5.41, 5.74) is 0.808. The molecule has 0 aromatic carbocycles. The lowest BCUT2D eigenvalue weighted by Crippen LogP contribution is -2.32. The van der Waals surface area contributed by atoms with Gasteiger partial charge in [0.15, 0.2) is 0 Å². The van der Waals surface area contributed by atoms with Gasteiger partial charge in [-0.3, -0.25) is 9.36 Å². The molecular formula is C12H18N2O2. The van der Waals surface area contributed by atoms with Crippen LogP contribution in [-0.4, -0.2) is 22.3 Å². The van der Waals surface area contributed by atoms with Crippen LogP contribution in [0.15, 0.2) is 10.9 Å². The maximum absolute atomic E-state index is 11.8. The normalized spacial score (nSPS) is 21.0. The van der Waals surface area contributed by atoms with Crippen LogP contribution in [0.1, 0.15) is 30.8 Å². The molecule has 4 nitrogen and oxygen atoms in total. The second-order valence-corrected chi connectivity index (χ2v) is 4.38. The van der Waals surface area contributed by atoms with Crippen LogP contribution in [0.2, 0.25) is 0 Å². The highest BCUT2D eigenvalue weighted by Crippen LogP contribution is 2.14. The number of ether oxygens (including phenoxy) is 1. The minimum absolute atomic E-state index is 0.0270. The van der Waals surface area contributed by atoms with Crippen molar-refractivity contribution in [2.45, 2.75) is 45.8 Å². The van der Waals surface area contributed by atoms with E-state index in [0.717, 1.165) is 31.0 Å². The molecule has 4 heteroatoms. The molecule has 0 amide bonds. The summed E-state index contributed by atoms with van der Waals surface area (Å²) in [6, 6.07) is 1.58. The molecule has 2 heterocycles. The summed E-state index contributed by atoms with van der Waals surface area (Å²) in [6.45, 7) is 5.17. The summed E-state index contributed by atoms with van der Waals surface area (Å²) in [5, 5.41) is 0. The number of rotatable bonds is 2. The first-order chi connectivity index (χ1) is 7.66. The smallest absolute Gasteiger partial charge is 0.253 e. The van der Waals surface area contributed by atoms with E-state index in [1.165, 1.54) is 6.42 Å². The maximum atomic E-state index is 11.8. The summed E-state index contributed by atoms with van der Waals surface area (Å²) < 4.78 is 7.35. The molecule has 1 aromatic rings. The van der Waals surface area contributed by atoms with Gasteiger partial charge in [-0.1, -0.05) is 0 Å². The molecule has 2 rings (SSSR count). The van der Waals surface area contributed by atoms with Crippen molar-refractivity contribution >= 4 is 0 Å². The predicted octanol–water partition coefficient (Wildman–Crippen LogP) is 1.43. The molecule has 1 atom stereocenters. The van der Waals surface area contributed by atoms with E-state index in [1.807, 2.05) is 13.8 Å². The molecule has 1 saturated heterocycles. The van der Waals surface area contributed by atoms with Crippen molar-refractivity contribution in [1.82, 2.24) is 9.55 Å². The van der Waals surface area contributed by atoms with Gasteiger partial charge in [-0.05, 0) is 33.1 Å². The molecule has 1 aromatic heterocycles. The quantitative estimate of drug-likeness (QED) is 0.760. The Balaban J connectivity index is 2.17. The Morgan fingerprint density at radius 2 is 2.31 bits per heavy atom. The van der Waals surface area contributed by atoms with Crippen LogP contribution in [-0.2, 0) is 11.3 Å². The third-order valence-electron chi connectivity index (χ3n) is 2.99. The van der Waals surface area contributed by atoms with Crippen LogP contribution in [0.4, 0.5) is 0 Å². The SMILES string of the molecule is Cc1cc(=O)n(CC2CCCCO2)c(C)n1. The van der Waals surface area contributed by atoms with Crippen LogP contribution >= 0.6 is 0 Å². The van der Waals surface area contributed by atoms with Crippen molar-refractivity contribution in [3.8, 4) is 0 Å². The second kappa shape index (κ2) is 4.78. The standard InChI is InChI=1S/C12H18N2O2/c1-9-7-12(15)14(10(2)13-9)8-11-5-3-4-6-16-11/h7,11H,3-6,8H2,1-2H3. The number of nitrogens with zero attached hydrogens (tertiary/aromatic N) is 2. The van der Waals surface area contributed by atoms with Gasteiger partial charge in [0.25, 0.3) is 5.56 Å². The van der Waals surface area contributed by atoms with E-state index in [9.17, 15) is 4.79 Å². The fraction of sp³-hybridized carbons (Fsp3) is 0.667. The lowest BCUT2D eigenvalue weighted by atomic mass is 10.1. The number of hydrogen-bond acceptors (Lipinski definition) is 3. The molecule has 88 valence electrons. The fourth-order valence-corrected chi connectivity index (χ4v) is 2.14. The first-order valence-electron chi connectivity index (χ1n) is 5.83. The second-order valence-electron chi connectivity index (χ2n) is 4.38. The first kappa shape index (κ1) is 11.3. The Labute approximate surface area is 95.3 Å². The topological polar surface area (TPSA) is 44.1 Å². The molecule has 0 aliphatic carbocycles. The Hall–Kier alpha value is -1.16. The summed E-state index contributed by atoms with van der Waals surface area (Å²) in [7, 11) is 0. The lowest BCUT2D eigenvalue weighted by molar-refractivity contribution is 0.00488. The Kier molecular flexibility index (Phi) is 3.39. The zero-order valence-electron chi connectivity index (χ0n) is 9.90. The van der Waals surface area contributed by atoms with Crippen molar-refractivity contribution in [3.63, 3.8) is 0 Å². The summed E-state index contributed by atoms with van der Waals surface area (Å²) >= 11 is 0. The highest BCUT2D eigenvalue weighted by atomic mass is 16.5. The third kappa shape index (κ3) is 2.50. The molecule has 1 fully saturated rings. The highest BCUT2D eigenvalue weighted by Gasteiger charge is 2.16. The molecule has 0 radical (unpaired) electrons. The summed E-state index contributed by atoms with van der Waals surface area (Å²) in [4.78, 5) is 16.1. The van der Waals surface area contributed by atoms with Crippen molar-refractivity contribution in [2.75, 3.05) is 6.61 Å². The monoisotopic (exact) mass is 222 g/mol. The minimum atomic E-state index is 0.0270. The van der Waals surface area contributed by atoms with Gasteiger partial charge < -0.3 is 4.74 Å². The van der Waals surface area contributed by atoms with E-state index in [4.69, 9.17) is 4.74 Å². The van der Waals surface area contributed by atoms with Crippen LogP contribution in [0.5, 0.6) is 0 Å². The Bertz CT molecular complexity index is 420. The molecule has 1 unspecified atom stereocenters. The largest absolute Gasteiger partial charge is 0.376 e. The molecule has 1 aliphatic rings. The molecular weight excluding hydrogens is 204 g/mol. The fourth-order valence-electron chi connectivity index (χ4n) is 2.14. The first-order valence-corrected chi connectivity index (χ1v) is 5.83. The summed E-state index contributed by atoms with van der Waals surface area (Å²) in [5.74, 6) is 0.777. The zero-order valence-corrected chi connectivity index (χ0v) is 9.90. The number of aryl methyl sites for hydroxylation is 2. The average molecular weight is 222 g/mol. The maximum Gasteiger partial charge on any atom is 0.253 e. The third-order valence-corrected chi connectivity index (χ3v) is 2.99. The number of hydrogen-bond donors (Lipinski definition) is 0. The van der Waals surface area contributed by atoms with Crippen molar-refractivity contribution in [2.24, 2.45) is 0 Å². The van der Waals surface area contributed by atoms with E-state index in [1.54, 1.807) is 10.6 Å². The van der Waals surface area contributed by atoms with E-state index in [-0.39, 0.29) is 11.7 Å². The van der Waals surface area contributed by atoms with Gasteiger partial charge in [0.05, 0.1) is 12.6 Å². The van der Waals surface area contributed by atoms with Crippen molar-refractivity contribution < 1.29 is 4.74 Å². The van der Waals surface area contributed by atoms with Crippen molar-refractivity contribution in [1.29, 1.82) is 0 Å². The molecule has 0 N–H and O–H groups in total. The minimum Gasteiger partial charge on any atom is -0.376 e. The van der Waals surface area contributed by atoms with Crippen molar-refractivity contribution in [3.05, 3.63) is 27.9 Å². The van der Waals surface area contributed by atoms with Gasteiger partial charge in [-0.25, -0.2) is 4.98 Å². The molecule has 1 aliphatic heterocycles. The summed E-state index contributed by atoms with van der Waals surface area (Å²) in [6.07, 6.45) is 3.54. The molecule has 0 spiro atoms. The lowest BCUT2D eigenvalue weighted by Gasteiger charge is -2.23. The van der Waals surface area contributed by atoms with E-state index >= 15 is 0 Å². The zero-order chi connectivity index (χ0) is 11.5. The van der Waals surface area contributed by atoms with E-state index in [2.05, 4.69) is 4.98 Å². The molecule has 16 heavy (non-hydrogen) atoms. The van der Waals surface area contributed by atoms with Crippen LogP contribution in [0.25, 0.3) is 0 Å². The molecule has 0 bridgehead atoms. The highest BCUT2D eigenvalue weighted by molar-refractivity contribution is 5.01. The Morgan fingerprint density at radius 1 is 1.50 bits per heavy atom. The number of aromatic nitrogens is 2. The van der Waals surface area contributed by atoms with Gasteiger partial charge in [0.1, 0.15) is 5.82 Å². The Morgan fingerprint density at radius 3 is 2.94 bits per heavy atom. The average Bonchev–Trinajstić information content (AvgIpc) is 2.25. The van der Waals surface area contributed by atoms with Gasteiger partial charge in [0, 0.05) is 18.4 Å². The predicted molar refractivity (Wildman–Crippen MR) is 61.6 cm³/mol. The van der Waals surface area contributed by atoms with Gasteiger partial charge in [-0.2, -0.15) is 0 Å². The molecule has 0 saturated carbocycles. The van der Waals surface area contributed by atoms with Crippen LogP contribution < -0.4 is 5.56 Å². The van der Waals surface area contributed by atoms with Gasteiger partial charge in [-0.15, -0.1) is 0 Å².